The van der Waals surface area contributed by atoms with Crippen LogP contribution in [-0.4, -0.2) is 30.3 Å². The quantitative estimate of drug-likeness (QED) is 0.603. The molecule has 0 spiro atoms. The first kappa shape index (κ1) is 19.4. The van der Waals surface area contributed by atoms with Gasteiger partial charge in [-0.05, 0) is 43.6 Å². The van der Waals surface area contributed by atoms with E-state index in [0.29, 0.717) is 12.2 Å². The van der Waals surface area contributed by atoms with Crippen molar-refractivity contribution in [1.29, 1.82) is 0 Å². The largest absolute Gasteiger partial charge is 0.304 e. The molecule has 2 aromatic carbocycles. The Kier molecular flexibility index (Phi) is 7.39. The van der Waals surface area contributed by atoms with Crippen molar-refractivity contribution in [2.24, 2.45) is 0 Å². The standard InChI is InChI=1S/C23H31NO/c1-4-13-22(25)23(18-19-24(5-2)6-3,20-14-9-7-10-15-20)21-16-11-8-12-17-21/h7-12,14-17H,4-6,13,18-19H2,1-3H3. The molecular formula is C23H31NO. The number of carbonyl (C=O) groups is 1. The molecule has 0 atom stereocenters. The van der Waals surface area contributed by atoms with Crippen LogP contribution in [0, 0.1) is 0 Å². The SMILES string of the molecule is CCCC(=O)C(CCN(CC)CC)(c1ccccc1)c1ccccc1. The van der Waals surface area contributed by atoms with Gasteiger partial charge in [0, 0.05) is 6.42 Å². The number of carbonyl (C=O) groups excluding carboxylic acids is 1. The topological polar surface area (TPSA) is 20.3 Å². The molecule has 134 valence electrons. The third-order valence-corrected chi connectivity index (χ3v) is 5.18. The van der Waals surface area contributed by atoms with Crippen LogP contribution >= 0.6 is 0 Å². The lowest BCUT2D eigenvalue weighted by atomic mass is 9.68. The number of hydrogen-bond acceptors (Lipinski definition) is 2. The van der Waals surface area contributed by atoms with Crippen molar-refractivity contribution in [1.82, 2.24) is 4.90 Å². The minimum Gasteiger partial charge on any atom is -0.304 e. The van der Waals surface area contributed by atoms with Crippen LogP contribution in [0.4, 0.5) is 0 Å². The zero-order chi connectivity index (χ0) is 18.1. The fraction of sp³-hybridized carbons (Fsp3) is 0.435. The van der Waals surface area contributed by atoms with Gasteiger partial charge < -0.3 is 4.90 Å². The van der Waals surface area contributed by atoms with Crippen LogP contribution in [0.1, 0.15) is 51.2 Å². The Morgan fingerprint density at radius 3 is 1.72 bits per heavy atom. The van der Waals surface area contributed by atoms with E-state index in [0.717, 1.165) is 43.6 Å². The van der Waals surface area contributed by atoms with E-state index in [1.165, 1.54) is 0 Å². The Balaban J connectivity index is 2.55. The minimum atomic E-state index is -0.554. The fourth-order valence-corrected chi connectivity index (χ4v) is 3.67. The Hall–Kier alpha value is -1.93. The van der Waals surface area contributed by atoms with E-state index in [1.807, 2.05) is 36.4 Å². The molecule has 0 saturated carbocycles. The summed E-state index contributed by atoms with van der Waals surface area (Å²) in [6.07, 6.45) is 2.31. The zero-order valence-electron chi connectivity index (χ0n) is 15.9. The molecule has 0 saturated heterocycles. The third-order valence-electron chi connectivity index (χ3n) is 5.18. The van der Waals surface area contributed by atoms with Gasteiger partial charge in [0.25, 0.3) is 0 Å². The predicted molar refractivity (Wildman–Crippen MR) is 106 cm³/mol. The van der Waals surface area contributed by atoms with E-state index in [1.54, 1.807) is 0 Å². The normalized spacial score (nSPS) is 11.7. The van der Waals surface area contributed by atoms with Gasteiger partial charge in [-0.2, -0.15) is 0 Å². The van der Waals surface area contributed by atoms with Crippen molar-refractivity contribution >= 4 is 5.78 Å². The van der Waals surface area contributed by atoms with Crippen LogP contribution in [0.5, 0.6) is 0 Å². The third kappa shape index (κ3) is 4.38. The summed E-state index contributed by atoms with van der Waals surface area (Å²) in [5.41, 5.74) is 1.68. The van der Waals surface area contributed by atoms with E-state index in [-0.39, 0.29) is 0 Å². The van der Waals surface area contributed by atoms with Crippen molar-refractivity contribution in [2.45, 2.75) is 45.4 Å². The average molecular weight is 338 g/mol. The summed E-state index contributed by atoms with van der Waals surface area (Å²) >= 11 is 0. The van der Waals surface area contributed by atoms with Gasteiger partial charge in [-0.3, -0.25) is 4.79 Å². The molecule has 0 bridgehead atoms. The maximum atomic E-state index is 13.4. The fourth-order valence-electron chi connectivity index (χ4n) is 3.67. The maximum Gasteiger partial charge on any atom is 0.147 e. The van der Waals surface area contributed by atoms with Crippen molar-refractivity contribution in [3.8, 4) is 0 Å². The summed E-state index contributed by atoms with van der Waals surface area (Å²) in [6, 6.07) is 20.7. The highest BCUT2D eigenvalue weighted by molar-refractivity contribution is 5.93. The summed E-state index contributed by atoms with van der Waals surface area (Å²) in [5, 5.41) is 0. The highest BCUT2D eigenvalue weighted by Gasteiger charge is 2.40. The second-order valence-corrected chi connectivity index (χ2v) is 6.59. The van der Waals surface area contributed by atoms with Crippen molar-refractivity contribution < 1.29 is 4.79 Å². The Morgan fingerprint density at radius 2 is 1.32 bits per heavy atom. The smallest absolute Gasteiger partial charge is 0.147 e. The summed E-state index contributed by atoms with van der Waals surface area (Å²) in [7, 11) is 0. The minimum absolute atomic E-state index is 0.333. The van der Waals surface area contributed by atoms with Crippen LogP contribution < -0.4 is 0 Å². The zero-order valence-corrected chi connectivity index (χ0v) is 15.9. The van der Waals surface area contributed by atoms with Gasteiger partial charge in [-0.25, -0.2) is 0 Å². The molecule has 0 radical (unpaired) electrons. The Bertz CT molecular complexity index is 592. The van der Waals surface area contributed by atoms with Gasteiger partial charge in [0.15, 0.2) is 0 Å². The van der Waals surface area contributed by atoms with Crippen LogP contribution in [0.2, 0.25) is 0 Å². The molecule has 2 heteroatoms. The van der Waals surface area contributed by atoms with Crippen LogP contribution in [0.25, 0.3) is 0 Å². The Labute approximate surface area is 152 Å². The molecule has 25 heavy (non-hydrogen) atoms. The second-order valence-electron chi connectivity index (χ2n) is 6.59. The van der Waals surface area contributed by atoms with E-state index < -0.39 is 5.41 Å². The molecule has 2 aromatic rings. The molecule has 2 rings (SSSR count). The molecule has 0 fully saturated rings. The highest BCUT2D eigenvalue weighted by Crippen LogP contribution is 2.38. The maximum absolute atomic E-state index is 13.4. The Morgan fingerprint density at radius 1 is 0.840 bits per heavy atom. The number of rotatable bonds is 10. The lowest BCUT2D eigenvalue weighted by molar-refractivity contribution is -0.123. The molecule has 0 aromatic heterocycles. The second kappa shape index (κ2) is 9.53. The molecule has 2 nitrogen and oxygen atoms in total. The average Bonchev–Trinajstić information content (AvgIpc) is 2.67. The lowest BCUT2D eigenvalue weighted by Gasteiger charge is -2.35. The summed E-state index contributed by atoms with van der Waals surface area (Å²) in [4.78, 5) is 15.8. The first-order valence-electron chi connectivity index (χ1n) is 9.55. The number of ketones is 1. The molecular weight excluding hydrogens is 306 g/mol. The number of Topliss-reactive ketones (excluding diaryl/α,β-unsaturated/α-hetero) is 1. The van der Waals surface area contributed by atoms with Crippen LogP contribution in [0.3, 0.4) is 0 Å². The van der Waals surface area contributed by atoms with Crippen LogP contribution in [-0.2, 0) is 10.2 Å². The summed E-state index contributed by atoms with van der Waals surface area (Å²) in [5.74, 6) is 0.333. The summed E-state index contributed by atoms with van der Waals surface area (Å²) < 4.78 is 0. The number of hydrogen-bond donors (Lipinski definition) is 0. The molecule has 0 unspecified atom stereocenters. The van der Waals surface area contributed by atoms with E-state index >= 15 is 0 Å². The van der Waals surface area contributed by atoms with Gasteiger partial charge in [0.2, 0.25) is 0 Å². The van der Waals surface area contributed by atoms with Crippen LogP contribution in [0.15, 0.2) is 60.7 Å². The molecule has 0 N–H and O–H groups in total. The van der Waals surface area contributed by atoms with E-state index in [9.17, 15) is 4.79 Å². The van der Waals surface area contributed by atoms with Crippen molar-refractivity contribution in [3.05, 3.63) is 71.8 Å². The van der Waals surface area contributed by atoms with Gasteiger partial charge in [0.05, 0.1) is 5.41 Å². The van der Waals surface area contributed by atoms with Gasteiger partial charge in [-0.15, -0.1) is 0 Å². The first-order valence-corrected chi connectivity index (χ1v) is 9.55. The van der Waals surface area contributed by atoms with Crippen molar-refractivity contribution in [2.75, 3.05) is 19.6 Å². The number of nitrogens with zero attached hydrogens (tertiary/aromatic N) is 1. The molecule has 0 aliphatic carbocycles. The van der Waals surface area contributed by atoms with Gasteiger partial charge in [0.1, 0.15) is 5.78 Å². The molecule has 0 aliphatic heterocycles. The molecule has 0 aliphatic rings. The monoisotopic (exact) mass is 337 g/mol. The highest BCUT2D eigenvalue weighted by atomic mass is 16.1. The van der Waals surface area contributed by atoms with Gasteiger partial charge in [-0.1, -0.05) is 81.4 Å². The molecule has 0 amide bonds. The predicted octanol–water partition coefficient (Wildman–Crippen LogP) is 5.07. The lowest BCUT2D eigenvalue weighted by Crippen LogP contribution is -2.41. The van der Waals surface area contributed by atoms with Crippen molar-refractivity contribution in [3.63, 3.8) is 0 Å². The number of benzene rings is 2. The van der Waals surface area contributed by atoms with E-state index in [2.05, 4.69) is 49.9 Å². The van der Waals surface area contributed by atoms with E-state index in [4.69, 9.17) is 0 Å². The first-order chi connectivity index (χ1) is 12.2. The summed E-state index contributed by atoms with van der Waals surface area (Å²) in [6.45, 7) is 9.40. The molecule has 0 heterocycles. The van der Waals surface area contributed by atoms with Gasteiger partial charge >= 0.3 is 0 Å².